The van der Waals surface area contributed by atoms with Crippen LogP contribution >= 0.6 is 0 Å². The van der Waals surface area contributed by atoms with Crippen molar-refractivity contribution >= 4 is 11.6 Å². The Bertz CT molecular complexity index is 521. The van der Waals surface area contributed by atoms with E-state index in [9.17, 15) is 4.79 Å². The number of carbonyl (C=O) groups is 1. The summed E-state index contributed by atoms with van der Waals surface area (Å²) < 4.78 is 0. The number of nitriles is 1. The summed E-state index contributed by atoms with van der Waals surface area (Å²) in [6, 6.07) is 2.12. The topological polar surface area (TPSA) is 81.9 Å². The van der Waals surface area contributed by atoms with Crippen LogP contribution in [0.2, 0.25) is 0 Å². The van der Waals surface area contributed by atoms with Crippen molar-refractivity contribution in [1.82, 2.24) is 14.9 Å². The molecule has 0 fully saturated rings. The van der Waals surface area contributed by atoms with Crippen molar-refractivity contribution in [2.45, 2.75) is 26.7 Å². The summed E-state index contributed by atoms with van der Waals surface area (Å²) in [5.74, 6) is 0.360. The molecular weight excluding hydrogens is 254 g/mol. The summed E-state index contributed by atoms with van der Waals surface area (Å²) in [5.41, 5.74) is 0.940. The van der Waals surface area contributed by atoms with Crippen molar-refractivity contribution in [2.24, 2.45) is 5.92 Å². The maximum Gasteiger partial charge on any atom is 0.274 e. The molecule has 0 spiro atoms. The molecular formula is C14H21N5O. The molecule has 0 saturated heterocycles. The SMILES string of the molecule is CNc1cnc(C(C)C)nc1C(=O)N(C)CC(C)C#N. The first-order chi connectivity index (χ1) is 9.40. The zero-order valence-electron chi connectivity index (χ0n) is 12.6. The van der Waals surface area contributed by atoms with Gasteiger partial charge in [-0.1, -0.05) is 13.8 Å². The van der Waals surface area contributed by atoms with Gasteiger partial charge in [-0.15, -0.1) is 0 Å². The summed E-state index contributed by atoms with van der Waals surface area (Å²) in [4.78, 5) is 22.5. The van der Waals surface area contributed by atoms with Gasteiger partial charge in [-0.3, -0.25) is 4.79 Å². The molecule has 0 aromatic carbocycles. The fraction of sp³-hybridized carbons (Fsp3) is 0.571. The molecule has 6 nitrogen and oxygen atoms in total. The predicted molar refractivity (Wildman–Crippen MR) is 77.4 cm³/mol. The smallest absolute Gasteiger partial charge is 0.274 e. The summed E-state index contributed by atoms with van der Waals surface area (Å²) in [6.07, 6.45) is 1.62. The van der Waals surface area contributed by atoms with Crippen LogP contribution in [0.25, 0.3) is 0 Å². The fourth-order valence-corrected chi connectivity index (χ4v) is 1.73. The van der Waals surface area contributed by atoms with Gasteiger partial charge in [-0.2, -0.15) is 5.26 Å². The minimum atomic E-state index is -0.214. The molecule has 1 aromatic heterocycles. The summed E-state index contributed by atoms with van der Waals surface area (Å²) in [7, 11) is 3.40. The third-order valence-electron chi connectivity index (χ3n) is 2.91. The molecule has 108 valence electrons. The van der Waals surface area contributed by atoms with E-state index in [0.717, 1.165) is 0 Å². The van der Waals surface area contributed by atoms with Crippen molar-refractivity contribution in [3.05, 3.63) is 17.7 Å². The summed E-state index contributed by atoms with van der Waals surface area (Å²) >= 11 is 0. The van der Waals surface area contributed by atoms with Crippen molar-refractivity contribution in [3.8, 4) is 6.07 Å². The van der Waals surface area contributed by atoms with E-state index in [1.54, 1.807) is 27.2 Å². The number of aromatic nitrogens is 2. The number of nitrogens with one attached hydrogen (secondary N) is 1. The Balaban J connectivity index is 3.07. The largest absolute Gasteiger partial charge is 0.385 e. The number of nitrogens with zero attached hydrogens (tertiary/aromatic N) is 4. The van der Waals surface area contributed by atoms with Crippen LogP contribution in [0.15, 0.2) is 6.20 Å². The molecule has 0 aliphatic rings. The molecule has 0 saturated carbocycles. The number of amides is 1. The van der Waals surface area contributed by atoms with E-state index in [-0.39, 0.29) is 17.7 Å². The first kappa shape index (κ1) is 15.9. The maximum atomic E-state index is 12.4. The molecule has 1 rings (SSSR count). The van der Waals surface area contributed by atoms with Gasteiger partial charge in [0.1, 0.15) is 5.82 Å². The molecule has 0 bridgehead atoms. The molecule has 1 aromatic rings. The lowest BCUT2D eigenvalue weighted by molar-refractivity contribution is 0.0780. The van der Waals surface area contributed by atoms with Gasteiger partial charge in [0.2, 0.25) is 0 Å². The van der Waals surface area contributed by atoms with Crippen LogP contribution in [-0.2, 0) is 0 Å². The molecule has 0 radical (unpaired) electrons. The van der Waals surface area contributed by atoms with Gasteiger partial charge in [0.25, 0.3) is 5.91 Å². The molecule has 1 amide bonds. The van der Waals surface area contributed by atoms with Crippen LogP contribution in [0, 0.1) is 17.2 Å². The quantitative estimate of drug-likeness (QED) is 0.887. The average Bonchev–Trinajstić information content (AvgIpc) is 2.45. The third kappa shape index (κ3) is 3.67. The van der Waals surface area contributed by atoms with E-state index in [4.69, 9.17) is 5.26 Å². The van der Waals surface area contributed by atoms with Crippen molar-refractivity contribution in [3.63, 3.8) is 0 Å². The molecule has 20 heavy (non-hydrogen) atoms. The molecule has 1 heterocycles. The molecule has 1 unspecified atom stereocenters. The van der Waals surface area contributed by atoms with Crippen molar-refractivity contribution < 1.29 is 4.79 Å². The van der Waals surface area contributed by atoms with E-state index in [1.807, 2.05) is 13.8 Å². The minimum absolute atomic E-state index is 0.149. The van der Waals surface area contributed by atoms with E-state index in [1.165, 1.54) is 4.90 Å². The molecule has 1 N–H and O–H groups in total. The monoisotopic (exact) mass is 275 g/mol. The summed E-state index contributed by atoms with van der Waals surface area (Å²) in [5, 5.41) is 11.8. The van der Waals surface area contributed by atoms with Crippen molar-refractivity contribution in [1.29, 1.82) is 5.26 Å². The first-order valence-electron chi connectivity index (χ1n) is 6.60. The minimum Gasteiger partial charge on any atom is -0.385 e. The van der Waals surface area contributed by atoms with Crippen LogP contribution in [0.4, 0.5) is 5.69 Å². The Hall–Kier alpha value is -2.16. The number of hydrogen-bond donors (Lipinski definition) is 1. The third-order valence-corrected chi connectivity index (χ3v) is 2.91. The molecule has 0 aliphatic carbocycles. The van der Waals surface area contributed by atoms with E-state index >= 15 is 0 Å². The number of anilines is 1. The molecule has 1 atom stereocenters. The zero-order valence-corrected chi connectivity index (χ0v) is 12.6. The van der Waals surface area contributed by atoms with Crippen LogP contribution in [-0.4, -0.2) is 41.4 Å². The van der Waals surface area contributed by atoms with Crippen molar-refractivity contribution in [2.75, 3.05) is 26.0 Å². The number of hydrogen-bond acceptors (Lipinski definition) is 5. The van der Waals surface area contributed by atoms with Gasteiger partial charge < -0.3 is 10.2 Å². The zero-order chi connectivity index (χ0) is 15.3. The second-order valence-corrected chi connectivity index (χ2v) is 5.11. The lowest BCUT2D eigenvalue weighted by Gasteiger charge is -2.19. The molecule has 6 heteroatoms. The number of carbonyl (C=O) groups excluding carboxylic acids is 1. The normalized spacial score (nSPS) is 11.8. The Labute approximate surface area is 119 Å². The van der Waals surface area contributed by atoms with Crippen LogP contribution in [0.3, 0.4) is 0 Å². The van der Waals surface area contributed by atoms with Crippen LogP contribution < -0.4 is 5.32 Å². The van der Waals surface area contributed by atoms with E-state index in [2.05, 4.69) is 21.4 Å². The van der Waals surface area contributed by atoms with Gasteiger partial charge in [-0.25, -0.2) is 9.97 Å². The highest BCUT2D eigenvalue weighted by Crippen LogP contribution is 2.17. The average molecular weight is 275 g/mol. The first-order valence-corrected chi connectivity index (χ1v) is 6.60. The fourth-order valence-electron chi connectivity index (χ4n) is 1.73. The van der Waals surface area contributed by atoms with E-state index < -0.39 is 0 Å². The standard InChI is InChI=1S/C14H21N5O/c1-9(2)13-17-7-11(16-4)12(18-13)14(20)19(5)8-10(3)6-15/h7,9-10,16H,8H2,1-5H3. The van der Waals surface area contributed by atoms with Crippen LogP contribution in [0.5, 0.6) is 0 Å². The van der Waals surface area contributed by atoms with Gasteiger partial charge in [0, 0.05) is 26.6 Å². The number of rotatable bonds is 5. The van der Waals surface area contributed by atoms with Gasteiger partial charge in [-0.05, 0) is 6.92 Å². The predicted octanol–water partition coefficient (Wildman–Crippen LogP) is 1.87. The highest BCUT2D eigenvalue weighted by molar-refractivity contribution is 5.97. The van der Waals surface area contributed by atoms with E-state index in [0.29, 0.717) is 23.8 Å². The molecule has 0 aliphatic heterocycles. The summed E-state index contributed by atoms with van der Waals surface area (Å²) in [6.45, 7) is 6.11. The Kier molecular flexibility index (Phi) is 5.44. The van der Waals surface area contributed by atoms with Crippen LogP contribution in [0.1, 0.15) is 43.0 Å². The second-order valence-electron chi connectivity index (χ2n) is 5.11. The van der Waals surface area contributed by atoms with Gasteiger partial charge >= 0.3 is 0 Å². The Morgan fingerprint density at radius 3 is 2.65 bits per heavy atom. The highest BCUT2D eigenvalue weighted by Gasteiger charge is 2.20. The Morgan fingerprint density at radius 2 is 2.15 bits per heavy atom. The second kappa shape index (κ2) is 6.85. The Morgan fingerprint density at radius 1 is 1.50 bits per heavy atom. The maximum absolute atomic E-state index is 12.4. The highest BCUT2D eigenvalue weighted by atomic mass is 16.2. The lowest BCUT2D eigenvalue weighted by Crippen LogP contribution is -2.32. The van der Waals surface area contributed by atoms with Gasteiger partial charge in [0.05, 0.1) is 23.9 Å². The van der Waals surface area contributed by atoms with Gasteiger partial charge in [0.15, 0.2) is 5.69 Å². The lowest BCUT2D eigenvalue weighted by atomic mass is 10.1.